The van der Waals surface area contributed by atoms with Gasteiger partial charge in [-0.3, -0.25) is 0 Å². The first-order valence-electron chi connectivity index (χ1n) is 4.50. The topological polar surface area (TPSA) is 80.7 Å². The monoisotopic (exact) mass is 200 g/mol. The van der Waals surface area contributed by atoms with Gasteiger partial charge in [0.15, 0.2) is 0 Å². The van der Waals surface area contributed by atoms with E-state index in [1.165, 1.54) is 0 Å². The average molecular weight is 200 g/mol. The Morgan fingerprint density at radius 3 is 2.87 bits per heavy atom. The second kappa shape index (κ2) is 2.84. The van der Waals surface area contributed by atoms with E-state index in [2.05, 4.69) is 15.1 Å². The molecule has 0 aliphatic carbocycles. The predicted octanol–water partition coefficient (Wildman–Crippen LogP) is 1.80. The summed E-state index contributed by atoms with van der Waals surface area (Å²) < 4.78 is 4.78. The fraction of sp³-hybridized carbons (Fsp3) is 0. The van der Waals surface area contributed by atoms with Gasteiger partial charge in [-0.15, -0.1) is 0 Å². The minimum atomic E-state index is 0.272. The molecule has 0 saturated carbocycles. The van der Waals surface area contributed by atoms with E-state index in [1.54, 1.807) is 6.20 Å². The van der Waals surface area contributed by atoms with E-state index in [-0.39, 0.29) is 5.88 Å². The number of fused-ring (bicyclic) bond motifs is 1. The third-order valence-corrected chi connectivity index (χ3v) is 2.24. The van der Waals surface area contributed by atoms with Crippen molar-refractivity contribution >= 4 is 16.9 Å². The number of nitrogens with zero attached hydrogens (tertiary/aromatic N) is 2. The van der Waals surface area contributed by atoms with E-state index < -0.39 is 0 Å². The maximum Gasteiger partial charge on any atom is 0.233 e. The third kappa shape index (κ3) is 1.17. The van der Waals surface area contributed by atoms with Crippen LogP contribution in [0.15, 0.2) is 35.0 Å². The number of H-pyrrole nitrogens is 1. The molecule has 0 amide bonds. The van der Waals surface area contributed by atoms with Gasteiger partial charge < -0.3 is 15.2 Å². The van der Waals surface area contributed by atoms with Crippen LogP contribution in [0.1, 0.15) is 0 Å². The Balaban J connectivity index is 2.24. The molecular weight excluding hydrogens is 192 g/mol. The molecule has 0 spiro atoms. The van der Waals surface area contributed by atoms with Crippen LogP contribution in [0.2, 0.25) is 0 Å². The molecular formula is C10H8N4O. The molecule has 15 heavy (non-hydrogen) atoms. The highest BCUT2D eigenvalue weighted by Crippen LogP contribution is 2.24. The van der Waals surface area contributed by atoms with Crippen LogP contribution < -0.4 is 5.73 Å². The number of aromatic nitrogens is 3. The highest BCUT2D eigenvalue weighted by Gasteiger charge is 2.10. The number of hydrogen-bond donors (Lipinski definition) is 2. The van der Waals surface area contributed by atoms with Gasteiger partial charge in [0.05, 0.1) is 17.2 Å². The maximum atomic E-state index is 5.61. The number of nitrogens with two attached hydrogens (primary N) is 1. The summed E-state index contributed by atoms with van der Waals surface area (Å²) in [5.41, 5.74) is 8.15. The summed E-state index contributed by atoms with van der Waals surface area (Å²) in [6.45, 7) is 0. The fourth-order valence-electron chi connectivity index (χ4n) is 1.51. The van der Waals surface area contributed by atoms with Crippen LogP contribution >= 0.6 is 0 Å². The first kappa shape index (κ1) is 8.05. The Morgan fingerprint density at radius 1 is 1.27 bits per heavy atom. The molecule has 5 nitrogen and oxygen atoms in total. The number of imidazole rings is 1. The van der Waals surface area contributed by atoms with E-state index in [1.807, 2.05) is 24.3 Å². The van der Waals surface area contributed by atoms with E-state index in [9.17, 15) is 0 Å². The molecule has 0 bridgehead atoms. The van der Waals surface area contributed by atoms with Crippen LogP contribution in [-0.4, -0.2) is 15.1 Å². The molecule has 2 aromatic heterocycles. The van der Waals surface area contributed by atoms with Gasteiger partial charge in [0.1, 0.15) is 11.4 Å². The maximum absolute atomic E-state index is 5.61. The summed E-state index contributed by atoms with van der Waals surface area (Å²) in [6.07, 6.45) is 1.55. The minimum absolute atomic E-state index is 0.272. The van der Waals surface area contributed by atoms with Gasteiger partial charge in [0, 0.05) is 0 Å². The lowest BCUT2D eigenvalue weighted by Crippen LogP contribution is -1.85. The van der Waals surface area contributed by atoms with Gasteiger partial charge in [-0.25, -0.2) is 4.98 Å². The smallest absolute Gasteiger partial charge is 0.233 e. The summed E-state index contributed by atoms with van der Waals surface area (Å²) in [7, 11) is 0. The number of hydrogen-bond acceptors (Lipinski definition) is 4. The Bertz CT molecular complexity index is 577. The summed E-state index contributed by atoms with van der Waals surface area (Å²) in [5, 5.41) is 3.61. The summed E-state index contributed by atoms with van der Waals surface area (Å²) in [4.78, 5) is 7.53. The second-order valence-electron chi connectivity index (χ2n) is 3.21. The zero-order valence-electron chi connectivity index (χ0n) is 7.77. The second-order valence-corrected chi connectivity index (χ2v) is 3.21. The van der Waals surface area contributed by atoms with Crippen molar-refractivity contribution in [1.82, 2.24) is 15.1 Å². The van der Waals surface area contributed by atoms with E-state index >= 15 is 0 Å². The van der Waals surface area contributed by atoms with Gasteiger partial charge >= 0.3 is 0 Å². The van der Waals surface area contributed by atoms with E-state index in [0.29, 0.717) is 11.4 Å². The van der Waals surface area contributed by atoms with Crippen LogP contribution in [0.5, 0.6) is 0 Å². The molecule has 3 aromatic rings. The molecule has 74 valence electrons. The third-order valence-electron chi connectivity index (χ3n) is 2.24. The SMILES string of the molecule is Nc1oncc1-c1nc2ccccc2[nH]1. The zero-order chi connectivity index (χ0) is 10.3. The zero-order valence-corrected chi connectivity index (χ0v) is 7.77. The van der Waals surface area contributed by atoms with Crippen LogP contribution in [0.4, 0.5) is 5.88 Å². The lowest BCUT2D eigenvalue weighted by atomic mass is 10.3. The summed E-state index contributed by atoms with van der Waals surface area (Å²) >= 11 is 0. The number of para-hydroxylation sites is 2. The van der Waals surface area contributed by atoms with Crippen molar-refractivity contribution in [1.29, 1.82) is 0 Å². The van der Waals surface area contributed by atoms with Crippen molar-refractivity contribution < 1.29 is 4.52 Å². The molecule has 0 unspecified atom stereocenters. The Labute approximate surface area is 84.9 Å². The molecule has 0 saturated heterocycles. The fourth-order valence-corrected chi connectivity index (χ4v) is 1.51. The molecule has 0 fully saturated rings. The first-order valence-corrected chi connectivity index (χ1v) is 4.50. The number of aromatic amines is 1. The van der Waals surface area contributed by atoms with Crippen molar-refractivity contribution in [3.8, 4) is 11.4 Å². The minimum Gasteiger partial charge on any atom is -0.367 e. The number of nitrogen functional groups attached to an aromatic ring is 1. The van der Waals surface area contributed by atoms with Gasteiger partial charge in [0.25, 0.3) is 0 Å². The first-order chi connectivity index (χ1) is 7.34. The van der Waals surface area contributed by atoms with Gasteiger partial charge in [-0.2, -0.15) is 0 Å². The molecule has 0 atom stereocenters. The van der Waals surface area contributed by atoms with Crippen LogP contribution in [0, 0.1) is 0 Å². The van der Waals surface area contributed by atoms with Crippen LogP contribution in [0.3, 0.4) is 0 Å². The van der Waals surface area contributed by atoms with Crippen molar-refractivity contribution in [2.24, 2.45) is 0 Å². The lowest BCUT2D eigenvalue weighted by molar-refractivity contribution is 0.436. The Morgan fingerprint density at radius 2 is 2.13 bits per heavy atom. The van der Waals surface area contributed by atoms with Gasteiger partial charge in [-0.1, -0.05) is 17.3 Å². The molecule has 2 heterocycles. The molecule has 3 rings (SSSR count). The van der Waals surface area contributed by atoms with E-state index in [0.717, 1.165) is 11.0 Å². The quantitative estimate of drug-likeness (QED) is 0.627. The van der Waals surface area contributed by atoms with Crippen LogP contribution in [-0.2, 0) is 0 Å². The molecule has 3 N–H and O–H groups in total. The van der Waals surface area contributed by atoms with Gasteiger partial charge in [-0.05, 0) is 12.1 Å². The highest BCUT2D eigenvalue weighted by molar-refractivity contribution is 5.80. The molecule has 1 aromatic carbocycles. The number of benzene rings is 1. The van der Waals surface area contributed by atoms with Crippen molar-refractivity contribution in [3.63, 3.8) is 0 Å². The normalized spacial score (nSPS) is 10.9. The van der Waals surface area contributed by atoms with Crippen molar-refractivity contribution in [2.75, 3.05) is 5.73 Å². The number of anilines is 1. The van der Waals surface area contributed by atoms with Crippen molar-refractivity contribution in [2.45, 2.75) is 0 Å². The molecule has 5 heteroatoms. The number of rotatable bonds is 1. The average Bonchev–Trinajstić information content (AvgIpc) is 2.82. The lowest BCUT2D eigenvalue weighted by Gasteiger charge is -1.88. The Hall–Kier alpha value is -2.30. The Kier molecular flexibility index (Phi) is 1.53. The van der Waals surface area contributed by atoms with Gasteiger partial charge in [0.2, 0.25) is 5.88 Å². The summed E-state index contributed by atoms with van der Waals surface area (Å²) in [6, 6.07) is 7.76. The highest BCUT2D eigenvalue weighted by atomic mass is 16.5. The standard InChI is InChI=1S/C10H8N4O/c11-9-6(5-12-15-9)10-13-7-3-1-2-4-8(7)14-10/h1-5H,11H2,(H,13,14). The molecule has 0 aliphatic heterocycles. The largest absolute Gasteiger partial charge is 0.367 e. The molecule has 0 aliphatic rings. The van der Waals surface area contributed by atoms with Crippen LogP contribution in [0.25, 0.3) is 22.4 Å². The number of nitrogens with one attached hydrogen (secondary N) is 1. The predicted molar refractivity (Wildman–Crippen MR) is 56.0 cm³/mol. The van der Waals surface area contributed by atoms with E-state index in [4.69, 9.17) is 10.3 Å². The van der Waals surface area contributed by atoms with Crippen molar-refractivity contribution in [3.05, 3.63) is 30.5 Å². The summed E-state index contributed by atoms with van der Waals surface area (Å²) in [5.74, 6) is 0.948. The molecule has 0 radical (unpaired) electrons.